The zero-order chi connectivity index (χ0) is 47.8. The normalized spacial score (nSPS) is 11.3. The molecule has 0 atom stereocenters. The zero-order valence-electron chi connectivity index (χ0n) is 39.5. The highest BCUT2D eigenvalue weighted by Crippen LogP contribution is 2.50. The van der Waals surface area contributed by atoms with Gasteiger partial charge in [-0.3, -0.25) is 0 Å². The van der Waals surface area contributed by atoms with E-state index in [1.54, 1.807) is 0 Å². The quantitative estimate of drug-likeness (QED) is 0.136. The average Bonchev–Trinajstić information content (AvgIpc) is 3.85. The third kappa shape index (κ3) is 7.82. The molecule has 0 unspecified atom stereocenters. The highest BCUT2D eigenvalue weighted by Gasteiger charge is 2.25. The molecular weight excluding hydrogens is 871 g/mol. The van der Waals surface area contributed by atoms with Crippen LogP contribution in [0.25, 0.3) is 111 Å². The van der Waals surface area contributed by atoms with Gasteiger partial charge in [0.15, 0.2) is 0 Å². The van der Waals surface area contributed by atoms with E-state index < -0.39 is 0 Å². The van der Waals surface area contributed by atoms with Crippen LogP contribution in [0.15, 0.2) is 290 Å². The molecule has 0 aliphatic rings. The van der Waals surface area contributed by atoms with Crippen molar-refractivity contribution in [2.24, 2.45) is 0 Å². The number of nitrogens with zero attached hydrogens (tertiary/aromatic N) is 1. The van der Waals surface area contributed by atoms with Gasteiger partial charge in [-0.25, -0.2) is 0 Å². The number of para-hydroxylation sites is 1. The topological polar surface area (TPSA) is 16.4 Å². The van der Waals surface area contributed by atoms with Crippen molar-refractivity contribution in [1.29, 1.82) is 0 Å². The van der Waals surface area contributed by atoms with E-state index in [9.17, 15) is 0 Å². The van der Waals surface area contributed by atoms with Crippen LogP contribution in [0.3, 0.4) is 0 Å². The van der Waals surface area contributed by atoms with Gasteiger partial charge in [-0.05, 0) is 138 Å². The van der Waals surface area contributed by atoms with E-state index in [-0.39, 0.29) is 0 Å². The molecule has 0 saturated heterocycles. The maximum absolute atomic E-state index is 6.62. The Labute approximate surface area is 420 Å². The fourth-order valence-corrected chi connectivity index (χ4v) is 10.7. The SMILES string of the molecule is c1ccc(-c2cccc(-c3cccc(N(c4ccc(-c5ccc(-c6ccccc6)c(-c6ccccc6)c5)cc4)c4ccc5cccc(-c6ccccc6)c5c4)c3-c3cccc4oc5ccccc5c34)c2)cc1. The molecule has 1 heterocycles. The zero-order valence-corrected chi connectivity index (χ0v) is 39.5. The fraction of sp³-hybridized carbons (Fsp3) is 0. The summed E-state index contributed by atoms with van der Waals surface area (Å²) >= 11 is 0. The van der Waals surface area contributed by atoms with Gasteiger partial charge in [0.1, 0.15) is 11.2 Å². The van der Waals surface area contributed by atoms with Gasteiger partial charge in [-0.15, -0.1) is 0 Å². The van der Waals surface area contributed by atoms with E-state index >= 15 is 0 Å². The Kier molecular flexibility index (Phi) is 10.9. The number of furan rings is 1. The minimum atomic E-state index is 0.856. The molecule has 0 bridgehead atoms. The van der Waals surface area contributed by atoms with Crippen molar-refractivity contribution in [3.63, 3.8) is 0 Å². The number of hydrogen-bond donors (Lipinski definition) is 0. The van der Waals surface area contributed by atoms with Crippen LogP contribution in [0.1, 0.15) is 0 Å². The molecule has 2 heteroatoms. The van der Waals surface area contributed by atoms with Crippen molar-refractivity contribution in [2.45, 2.75) is 0 Å². The summed E-state index contributed by atoms with van der Waals surface area (Å²) in [6, 6.07) is 103. The van der Waals surface area contributed by atoms with Gasteiger partial charge in [0.2, 0.25) is 0 Å². The van der Waals surface area contributed by atoms with Gasteiger partial charge in [0.25, 0.3) is 0 Å². The Balaban J connectivity index is 1.05. The molecular formula is C70H47NO. The number of fused-ring (bicyclic) bond motifs is 4. The lowest BCUT2D eigenvalue weighted by Gasteiger charge is -2.30. The van der Waals surface area contributed by atoms with Crippen LogP contribution in [-0.4, -0.2) is 0 Å². The summed E-state index contributed by atoms with van der Waals surface area (Å²) in [6.45, 7) is 0. The molecule has 0 radical (unpaired) electrons. The van der Waals surface area contributed by atoms with Crippen LogP contribution in [0.5, 0.6) is 0 Å². The Morgan fingerprint density at radius 2 is 0.764 bits per heavy atom. The van der Waals surface area contributed by atoms with Crippen LogP contribution < -0.4 is 4.90 Å². The molecule has 0 aliphatic carbocycles. The first-order valence-corrected chi connectivity index (χ1v) is 24.7. The summed E-state index contributed by atoms with van der Waals surface area (Å²) in [5.74, 6) is 0. The number of hydrogen-bond acceptors (Lipinski definition) is 2. The Morgan fingerprint density at radius 1 is 0.250 bits per heavy atom. The summed E-state index contributed by atoms with van der Waals surface area (Å²) in [6.07, 6.45) is 0. The van der Waals surface area contributed by atoms with Gasteiger partial charge in [0.05, 0.1) is 5.69 Å². The fourth-order valence-electron chi connectivity index (χ4n) is 10.7. The molecule has 0 N–H and O–H groups in total. The monoisotopic (exact) mass is 917 g/mol. The largest absolute Gasteiger partial charge is 0.456 e. The van der Waals surface area contributed by atoms with Gasteiger partial charge < -0.3 is 9.32 Å². The van der Waals surface area contributed by atoms with Crippen molar-refractivity contribution in [3.05, 3.63) is 285 Å². The van der Waals surface area contributed by atoms with Gasteiger partial charge in [-0.2, -0.15) is 0 Å². The molecule has 12 aromatic carbocycles. The second-order valence-corrected chi connectivity index (χ2v) is 18.4. The highest BCUT2D eigenvalue weighted by atomic mass is 16.3. The molecule has 1 aromatic heterocycles. The molecule has 0 spiro atoms. The van der Waals surface area contributed by atoms with Crippen molar-refractivity contribution >= 4 is 49.8 Å². The molecule has 338 valence electrons. The third-order valence-corrected chi connectivity index (χ3v) is 14.1. The number of anilines is 3. The van der Waals surface area contributed by atoms with Crippen LogP contribution in [0.2, 0.25) is 0 Å². The van der Waals surface area contributed by atoms with E-state index in [0.29, 0.717) is 0 Å². The molecule has 0 fully saturated rings. The summed E-state index contributed by atoms with van der Waals surface area (Å²) in [4.78, 5) is 2.46. The van der Waals surface area contributed by atoms with Gasteiger partial charge in [0, 0.05) is 27.7 Å². The second-order valence-electron chi connectivity index (χ2n) is 18.4. The molecule has 13 rings (SSSR count). The Bertz CT molecular complexity index is 4060. The first kappa shape index (κ1) is 42.6. The Hall–Kier alpha value is -9.50. The van der Waals surface area contributed by atoms with E-state index in [0.717, 1.165) is 72.4 Å². The number of rotatable bonds is 10. The van der Waals surface area contributed by atoms with Gasteiger partial charge >= 0.3 is 0 Å². The first-order valence-electron chi connectivity index (χ1n) is 24.7. The van der Waals surface area contributed by atoms with E-state index in [2.05, 4.69) is 284 Å². The summed E-state index contributed by atoms with van der Waals surface area (Å²) in [7, 11) is 0. The smallest absolute Gasteiger partial charge is 0.136 e. The van der Waals surface area contributed by atoms with Crippen molar-refractivity contribution < 1.29 is 4.42 Å². The Morgan fingerprint density at radius 3 is 1.51 bits per heavy atom. The third-order valence-electron chi connectivity index (χ3n) is 14.1. The molecule has 0 aliphatic heterocycles. The minimum absolute atomic E-state index is 0.856. The van der Waals surface area contributed by atoms with Crippen molar-refractivity contribution in [1.82, 2.24) is 0 Å². The van der Waals surface area contributed by atoms with Crippen LogP contribution in [-0.2, 0) is 0 Å². The average molecular weight is 918 g/mol. The lowest BCUT2D eigenvalue weighted by Crippen LogP contribution is -2.12. The molecule has 13 aromatic rings. The maximum atomic E-state index is 6.62. The first-order chi connectivity index (χ1) is 35.7. The minimum Gasteiger partial charge on any atom is -0.456 e. The van der Waals surface area contributed by atoms with E-state index in [1.807, 2.05) is 6.07 Å². The lowest BCUT2D eigenvalue weighted by atomic mass is 9.88. The standard InChI is InChI=1S/C70H47NO/c1-5-19-48(20-6-1)54-28-15-29-56(45-54)61-32-17-34-66(69(61)63-33-18-36-68-70(63)62-30-13-14-35-67(62)72-68)71(58-43-39-53-27-16-31-59(65(53)47-58)50-21-7-2-8-22-50)57-41-37-49(38-42-57)55-40-44-60(51-23-9-3-10-24-51)64(46-55)52-25-11-4-12-26-52/h1-47H. The van der Waals surface area contributed by atoms with E-state index in [4.69, 9.17) is 4.42 Å². The molecule has 0 amide bonds. The molecule has 72 heavy (non-hydrogen) atoms. The highest BCUT2D eigenvalue weighted by molar-refractivity contribution is 6.16. The predicted molar refractivity (Wildman–Crippen MR) is 304 cm³/mol. The van der Waals surface area contributed by atoms with Crippen LogP contribution in [0, 0.1) is 0 Å². The molecule has 2 nitrogen and oxygen atoms in total. The lowest BCUT2D eigenvalue weighted by molar-refractivity contribution is 0.669. The van der Waals surface area contributed by atoms with Crippen molar-refractivity contribution in [3.8, 4) is 77.9 Å². The van der Waals surface area contributed by atoms with E-state index in [1.165, 1.54) is 55.3 Å². The van der Waals surface area contributed by atoms with Gasteiger partial charge in [-0.1, -0.05) is 231 Å². The maximum Gasteiger partial charge on any atom is 0.136 e. The van der Waals surface area contributed by atoms with Crippen LogP contribution in [0.4, 0.5) is 17.1 Å². The predicted octanol–water partition coefficient (Wildman–Crippen LogP) is 19.9. The summed E-state index contributed by atoms with van der Waals surface area (Å²) < 4.78 is 6.62. The number of benzene rings is 12. The van der Waals surface area contributed by atoms with Crippen molar-refractivity contribution in [2.75, 3.05) is 4.90 Å². The molecule has 0 saturated carbocycles. The second kappa shape index (κ2) is 18.4. The summed E-state index contributed by atoms with van der Waals surface area (Å²) in [5, 5.41) is 4.55. The summed E-state index contributed by atoms with van der Waals surface area (Å²) in [5.41, 5.74) is 21.2. The van der Waals surface area contributed by atoms with Crippen LogP contribution >= 0.6 is 0 Å².